The molecule has 0 radical (unpaired) electrons. The molecular weight excluding hydrogens is 323 g/mol. The van der Waals surface area contributed by atoms with Crippen LogP contribution in [0.3, 0.4) is 0 Å². The standard InChI is InChI=1S/C16H20Cl2N2O2/c1-4-5-6-12(9-19)20-16(21)11(3)22-14-8-7-13(17)10(2)15(14)18/h7-8,11-12H,4-6H2,1-3H3,(H,20,21). The van der Waals surface area contributed by atoms with Crippen molar-refractivity contribution >= 4 is 29.1 Å². The highest BCUT2D eigenvalue weighted by Gasteiger charge is 2.20. The Kier molecular flexibility index (Phi) is 7.50. The molecule has 0 heterocycles. The van der Waals surface area contributed by atoms with Crippen molar-refractivity contribution in [3.8, 4) is 11.8 Å². The summed E-state index contributed by atoms with van der Waals surface area (Å²) in [6.07, 6.45) is 1.73. The van der Waals surface area contributed by atoms with Gasteiger partial charge in [-0.1, -0.05) is 43.0 Å². The van der Waals surface area contributed by atoms with Crippen molar-refractivity contribution in [2.24, 2.45) is 0 Å². The van der Waals surface area contributed by atoms with Crippen molar-refractivity contribution in [1.29, 1.82) is 5.26 Å². The summed E-state index contributed by atoms with van der Waals surface area (Å²) in [4.78, 5) is 12.1. The molecule has 6 heteroatoms. The summed E-state index contributed by atoms with van der Waals surface area (Å²) in [5, 5.41) is 12.6. The number of unbranched alkanes of at least 4 members (excludes halogenated alkanes) is 1. The van der Waals surface area contributed by atoms with Crippen molar-refractivity contribution in [3.63, 3.8) is 0 Å². The van der Waals surface area contributed by atoms with Gasteiger partial charge in [-0.05, 0) is 38.0 Å². The van der Waals surface area contributed by atoms with Gasteiger partial charge in [0.15, 0.2) is 6.10 Å². The van der Waals surface area contributed by atoms with Crippen molar-refractivity contribution in [1.82, 2.24) is 5.32 Å². The predicted octanol–water partition coefficient (Wildman–Crippen LogP) is 4.27. The number of halogens is 2. The smallest absolute Gasteiger partial charge is 0.261 e. The second-order valence-corrected chi connectivity index (χ2v) is 5.86. The number of ether oxygens (including phenoxy) is 1. The minimum atomic E-state index is -0.754. The summed E-state index contributed by atoms with van der Waals surface area (Å²) >= 11 is 12.1. The molecule has 1 rings (SSSR count). The van der Waals surface area contributed by atoms with Gasteiger partial charge in [0, 0.05) is 5.02 Å². The molecule has 0 aromatic heterocycles. The lowest BCUT2D eigenvalue weighted by molar-refractivity contribution is -0.127. The number of hydrogen-bond donors (Lipinski definition) is 1. The molecular formula is C16H20Cl2N2O2. The Balaban J connectivity index is 2.68. The monoisotopic (exact) mass is 342 g/mol. The maximum absolute atomic E-state index is 12.1. The fourth-order valence-electron chi connectivity index (χ4n) is 1.84. The maximum Gasteiger partial charge on any atom is 0.261 e. The van der Waals surface area contributed by atoms with Crippen molar-refractivity contribution in [2.45, 2.75) is 52.2 Å². The first-order chi connectivity index (χ1) is 10.4. The molecule has 1 aromatic carbocycles. The second-order valence-electron chi connectivity index (χ2n) is 5.08. The van der Waals surface area contributed by atoms with Crippen LogP contribution in [0, 0.1) is 18.3 Å². The maximum atomic E-state index is 12.1. The Hall–Kier alpha value is -1.44. The number of carbonyl (C=O) groups is 1. The van der Waals surface area contributed by atoms with E-state index in [0.29, 0.717) is 27.8 Å². The summed E-state index contributed by atoms with van der Waals surface area (Å²) in [6, 6.07) is 4.88. The van der Waals surface area contributed by atoms with Crippen LogP contribution in [0.2, 0.25) is 10.0 Å². The zero-order valence-electron chi connectivity index (χ0n) is 13.0. The molecule has 0 fully saturated rings. The van der Waals surface area contributed by atoms with E-state index in [-0.39, 0.29) is 5.91 Å². The van der Waals surface area contributed by atoms with E-state index in [4.69, 9.17) is 33.2 Å². The van der Waals surface area contributed by atoms with Gasteiger partial charge in [0.2, 0.25) is 0 Å². The van der Waals surface area contributed by atoms with Crippen LogP contribution in [0.25, 0.3) is 0 Å². The average molecular weight is 343 g/mol. The van der Waals surface area contributed by atoms with E-state index in [1.165, 1.54) is 0 Å². The van der Waals surface area contributed by atoms with E-state index < -0.39 is 12.1 Å². The van der Waals surface area contributed by atoms with Gasteiger partial charge in [0.1, 0.15) is 11.8 Å². The lowest BCUT2D eigenvalue weighted by Crippen LogP contribution is -2.42. The van der Waals surface area contributed by atoms with E-state index >= 15 is 0 Å². The van der Waals surface area contributed by atoms with E-state index in [2.05, 4.69) is 11.4 Å². The molecule has 1 aromatic rings. The number of carbonyl (C=O) groups excluding carboxylic acids is 1. The summed E-state index contributed by atoms with van der Waals surface area (Å²) in [5.74, 6) is 0.0552. The Morgan fingerprint density at radius 3 is 2.73 bits per heavy atom. The Bertz CT molecular complexity index is 570. The third-order valence-electron chi connectivity index (χ3n) is 3.28. The highest BCUT2D eigenvalue weighted by Crippen LogP contribution is 2.33. The molecule has 0 bridgehead atoms. The molecule has 0 aliphatic heterocycles. The topological polar surface area (TPSA) is 62.1 Å². The van der Waals surface area contributed by atoms with Crippen LogP contribution >= 0.6 is 23.2 Å². The number of rotatable bonds is 7. The van der Waals surface area contributed by atoms with Gasteiger partial charge in [-0.15, -0.1) is 0 Å². The summed E-state index contributed by atoms with van der Waals surface area (Å²) in [7, 11) is 0. The minimum absolute atomic E-state index is 0.341. The Labute approximate surface area is 141 Å². The summed E-state index contributed by atoms with van der Waals surface area (Å²) in [5.41, 5.74) is 0.700. The fourth-order valence-corrected chi connectivity index (χ4v) is 2.25. The quantitative estimate of drug-likeness (QED) is 0.804. The number of nitrogens with one attached hydrogen (secondary N) is 1. The molecule has 4 nitrogen and oxygen atoms in total. The number of nitrogens with zero attached hydrogens (tertiary/aromatic N) is 1. The molecule has 0 saturated carbocycles. The third kappa shape index (κ3) is 5.08. The first-order valence-corrected chi connectivity index (χ1v) is 7.97. The molecule has 2 atom stereocenters. The highest BCUT2D eigenvalue weighted by molar-refractivity contribution is 6.36. The third-order valence-corrected chi connectivity index (χ3v) is 4.16. The molecule has 2 unspecified atom stereocenters. The predicted molar refractivity (Wildman–Crippen MR) is 88.4 cm³/mol. The molecule has 22 heavy (non-hydrogen) atoms. The van der Waals surface area contributed by atoms with Crippen LogP contribution in [0.15, 0.2) is 12.1 Å². The van der Waals surface area contributed by atoms with Gasteiger partial charge in [0.25, 0.3) is 5.91 Å². The Morgan fingerprint density at radius 1 is 1.45 bits per heavy atom. The van der Waals surface area contributed by atoms with Crippen LogP contribution in [0.4, 0.5) is 0 Å². The number of hydrogen-bond acceptors (Lipinski definition) is 3. The molecule has 0 aliphatic carbocycles. The Morgan fingerprint density at radius 2 is 2.14 bits per heavy atom. The van der Waals surface area contributed by atoms with Gasteiger partial charge in [-0.2, -0.15) is 5.26 Å². The lowest BCUT2D eigenvalue weighted by atomic mass is 10.1. The normalized spacial score (nSPS) is 13.1. The summed E-state index contributed by atoms with van der Waals surface area (Å²) in [6.45, 7) is 5.43. The van der Waals surface area contributed by atoms with Gasteiger partial charge in [0.05, 0.1) is 11.1 Å². The van der Waals surface area contributed by atoms with Crippen molar-refractivity contribution in [2.75, 3.05) is 0 Å². The fraction of sp³-hybridized carbons (Fsp3) is 0.500. The van der Waals surface area contributed by atoms with E-state index in [1.54, 1.807) is 26.0 Å². The van der Waals surface area contributed by atoms with Crippen LogP contribution in [0.5, 0.6) is 5.75 Å². The zero-order chi connectivity index (χ0) is 16.7. The molecule has 1 amide bonds. The lowest BCUT2D eigenvalue weighted by Gasteiger charge is -2.18. The van der Waals surface area contributed by atoms with Crippen molar-refractivity contribution in [3.05, 3.63) is 27.7 Å². The van der Waals surface area contributed by atoms with Crippen LogP contribution < -0.4 is 10.1 Å². The van der Waals surface area contributed by atoms with E-state index in [1.807, 2.05) is 6.92 Å². The van der Waals surface area contributed by atoms with Crippen LogP contribution in [-0.4, -0.2) is 18.1 Å². The first kappa shape index (κ1) is 18.6. The highest BCUT2D eigenvalue weighted by atomic mass is 35.5. The number of amides is 1. The van der Waals surface area contributed by atoms with Crippen LogP contribution in [0.1, 0.15) is 38.7 Å². The molecule has 0 aliphatic rings. The average Bonchev–Trinajstić information content (AvgIpc) is 2.51. The number of benzene rings is 1. The first-order valence-electron chi connectivity index (χ1n) is 7.21. The summed E-state index contributed by atoms with van der Waals surface area (Å²) < 4.78 is 5.58. The van der Waals surface area contributed by atoms with Gasteiger partial charge in [-0.25, -0.2) is 0 Å². The second kappa shape index (κ2) is 8.87. The molecule has 1 N–H and O–H groups in total. The largest absolute Gasteiger partial charge is 0.479 e. The molecule has 0 saturated heterocycles. The SMILES string of the molecule is CCCCC(C#N)NC(=O)C(C)Oc1ccc(Cl)c(C)c1Cl. The van der Waals surface area contributed by atoms with E-state index in [0.717, 1.165) is 12.8 Å². The zero-order valence-corrected chi connectivity index (χ0v) is 14.5. The minimum Gasteiger partial charge on any atom is -0.479 e. The van der Waals surface area contributed by atoms with Crippen molar-refractivity contribution < 1.29 is 9.53 Å². The molecule has 120 valence electrons. The van der Waals surface area contributed by atoms with Crippen LogP contribution in [-0.2, 0) is 4.79 Å². The van der Waals surface area contributed by atoms with Gasteiger partial charge < -0.3 is 10.1 Å². The van der Waals surface area contributed by atoms with E-state index in [9.17, 15) is 4.79 Å². The van der Waals surface area contributed by atoms with Gasteiger partial charge >= 0.3 is 0 Å². The molecule has 0 spiro atoms. The number of nitriles is 1. The van der Waals surface area contributed by atoms with Gasteiger partial charge in [-0.3, -0.25) is 4.79 Å².